The molecule has 0 amide bonds. The van der Waals surface area contributed by atoms with Crippen molar-refractivity contribution in [1.82, 2.24) is 4.90 Å². The van der Waals surface area contributed by atoms with E-state index in [9.17, 15) is 0 Å². The van der Waals surface area contributed by atoms with Crippen molar-refractivity contribution in [3.05, 3.63) is 12.3 Å². The highest BCUT2D eigenvalue weighted by Gasteiger charge is 2.23. The van der Waals surface area contributed by atoms with E-state index in [1.165, 1.54) is 12.8 Å². The molecule has 1 aliphatic carbocycles. The van der Waals surface area contributed by atoms with Gasteiger partial charge in [-0.1, -0.05) is 0 Å². The summed E-state index contributed by atoms with van der Waals surface area (Å²) >= 11 is 0. The molecule has 0 heterocycles. The molecule has 0 bridgehead atoms. The third-order valence-electron chi connectivity index (χ3n) is 1.57. The maximum atomic E-state index is 8.40. The lowest BCUT2D eigenvalue weighted by atomic mass is 10.5. The summed E-state index contributed by atoms with van der Waals surface area (Å²) in [5.41, 5.74) is 0. The Hall–Kier alpha value is -0.500. The third kappa shape index (κ3) is 2.06. The summed E-state index contributed by atoms with van der Waals surface area (Å²) in [6.45, 7) is 0.150. The number of hydrogen-bond acceptors (Lipinski definition) is 2. The normalized spacial score (nSPS) is 18.9. The second-order valence-electron chi connectivity index (χ2n) is 2.46. The van der Waals surface area contributed by atoms with E-state index in [1.54, 1.807) is 6.08 Å². The second kappa shape index (κ2) is 2.87. The van der Waals surface area contributed by atoms with Crippen molar-refractivity contribution >= 4 is 0 Å². The Morgan fingerprint density at radius 1 is 1.67 bits per heavy atom. The molecular weight excluding hydrogens is 114 g/mol. The van der Waals surface area contributed by atoms with Crippen molar-refractivity contribution in [2.24, 2.45) is 0 Å². The van der Waals surface area contributed by atoms with Crippen LogP contribution in [0.25, 0.3) is 0 Å². The van der Waals surface area contributed by atoms with Crippen molar-refractivity contribution in [3.63, 3.8) is 0 Å². The summed E-state index contributed by atoms with van der Waals surface area (Å²) in [7, 11) is 2.05. The van der Waals surface area contributed by atoms with E-state index in [2.05, 4.69) is 4.90 Å². The molecule has 1 aliphatic rings. The highest BCUT2D eigenvalue weighted by Crippen LogP contribution is 2.25. The summed E-state index contributed by atoms with van der Waals surface area (Å²) < 4.78 is 0. The lowest BCUT2D eigenvalue weighted by Crippen LogP contribution is -2.12. The Kier molecular flexibility index (Phi) is 2.11. The minimum Gasteiger partial charge on any atom is -0.392 e. The van der Waals surface area contributed by atoms with Crippen LogP contribution in [0.15, 0.2) is 12.3 Å². The van der Waals surface area contributed by atoms with E-state index in [0.29, 0.717) is 0 Å². The van der Waals surface area contributed by atoms with E-state index in [4.69, 9.17) is 5.11 Å². The van der Waals surface area contributed by atoms with Crippen molar-refractivity contribution in [2.75, 3.05) is 13.7 Å². The molecular formula is C7H13NO. The highest BCUT2D eigenvalue weighted by atomic mass is 16.2. The standard InChI is InChI=1S/C7H13NO/c1-8(5-2-6-9)7-3-4-7/h2,5,7,9H,3-4,6H2,1H3. The van der Waals surface area contributed by atoms with Crippen molar-refractivity contribution < 1.29 is 5.11 Å². The van der Waals surface area contributed by atoms with Gasteiger partial charge < -0.3 is 10.0 Å². The first-order chi connectivity index (χ1) is 4.34. The fourth-order valence-corrected chi connectivity index (χ4v) is 0.817. The Bertz CT molecular complexity index is 107. The predicted molar refractivity (Wildman–Crippen MR) is 37.0 cm³/mol. The highest BCUT2D eigenvalue weighted by molar-refractivity contribution is 4.90. The largest absolute Gasteiger partial charge is 0.392 e. The molecule has 0 aliphatic heterocycles. The maximum Gasteiger partial charge on any atom is 0.0629 e. The lowest BCUT2D eigenvalue weighted by Gasteiger charge is -2.10. The van der Waals surface area contributed by atoms with Crippen LogP contribution in [-0.2, 0) is 0 Å². The van der Waals surface area contributed by atoms with E-state index in [0.717, 1.165) is 6.04 Å². The van der Waals surface area contributed by atoms with Gasteiger partial charge in [0.1, 0.15) is 0 Å². The lowest BCUT2D eigenvalue weighted by molar-refractivity contribution is 0.338. The first-order valence-corrected chi connectivity index (χ1v) is 3.34. The Morgan fingerprint density at radius 3 is 2.78 bits per heavy atom. The zero-order valence-corrected chi connectivity index (χ0v) is 5.75. The molecule has 0 aromatic carbocycles. The number of rotatable bonds is 3. The Morgan fingerprint density at radius 2 is 2.33 bits per heavy atom. The summed E-state index contributed by atoms with van der Waals surface area (Å²) in [4.78, 5) is 2.15. The topological polar surface area (TPSA) is 23.5 Å². The minimum absolute atomic E-state index is 0.150. The zero-order valence-electron chi connectivity index (χ0n) is 5.75. The van der Waals surface area contributed by atoms with E-state index in [-0.39, 0.29) is 6.61 Å². The monoisotopic (exact) mass is 127 g/mol. The molecule has 2 heteroatoms. The fraction of sp³-hybridized carbons (Fsp3) is 0.714. The molecule has 0 spiro atoms. The SMILES string of the molecule is CN(C=CCO)C1CC1. The smallest absolute Gasteiger partial charge is 0.0629 e. The van der Waals surface area contributed by atoms with Gasteiger partial charge in [-0.25, -0.2) is 0 Å². The number of hydrogen-bond donors (Lipinski definition) is 1. The molecule has 1 saturated carbocycles. The van der Waals surface area contributed by atoms with Crippen LogP contribution < -0.4 is 0 Å². The molecule has 0 saturated heterocycles. The van der Waals surface area contributed by atoms with Gasteiger partial charge in [-0.15, -0.1) is 0 Å². The fourth-order valence-electron chi connectivity index (χ4n) is 0.817. The number of nitrogens with zero attached hydrogens (tertiary/aromatic N) is 1. The third-order valence-corrected chi connectivity index (χ3v) is 1.57. The van der Waals surface area contributed by atoms with Gasteiger partial charge in [0.25, 0.3) is 0 Å². The summed E-state index contributed by atoms with van der Waals surface area (Å²) in [6.07, 6.45) is 6.33. The van der Waals surface area contributed by atoms with Crippen molar-refractivity contribution in [3.8, 4) is 0 Å². The molecule has 1 rings (SSSR count). The van der Waals surface area contributed by atoms with Gasteiger partial charge >= 0.3 is 0 Å². The van der Waals surface area contributed by atoms with Gasteiger partial charge in [0.05, 0.1) is 6.61 Å². The number of aliphatic hydroxyl groups is 1. The molecule has 0 radical (unpaired) electrons. The van der Waals surface area contributed by atoms with Gasteiger partial charge in [-0.05, 0) is 25.1 Å². The van der Waals surface area contributed by atoms with E-state index in [1.807, 2.05) is 13.2 Å². The van der Waals surface area contributed by atoms with Crippen LogP contribution in [0.3, 0.4) is 0 Å². The van der Waals surface area contributed by atoms with Gasteiger partial charge in [0.15, 0.2) is 0 Å². The first kappa shape index (κ1) is 6.62. The summed E-state index contributed by atoms with van der Waals surface area (Å²) in [5.74, 6) is 0. The molecule has 0 atom stereocenters. The van der Waals surface area contributed by atoms with Gasteiger partial charge in [0, 0.05) is 13.1 Å². The molecule has 1 fully saturated rings. The average molecular weight is 127 g/mol. The molecule has 1 N–H and O–H groups in total. The molecule has 52 valence electrons. The molecule has 0 aromatic rings. The summed E-state index contributed by atoms with van der Waals surface area (Å²) in [6, 6.07) is 0.757. The van der Waals surface area contributed by atoms with Crippen LogP contribution in [0.4, 0.5) is 0 Å². The second-order valence-corrected chi connectivity index (χ2v) is 2.46. The minimum atomic E-state index is 0.150. The molecule has 0 unspecified atom stereocenters. The quantitative estimate of drug-likeness (QED) is 0.599. The number of aliphatic hydroxyl groups excluding tert-OH is 1. The Labute approximate surface area is 55.8 Å². The molecule has 0 aromatic heterocycles. The molecule has 9 heavy (non-hydrogen) atoms. The van der Waals surface area contributed by atoms with Crippen LogP contribution in [-0.4, -0.2) is 29.7 Å². The van der Waals surface area contributed by atoms with Gasteiger partial charge in [0.2, 0.25) is 0 Å². The van der Waals surface area contributed by atoms with Crippen LogP contribution in [0.2, 0.25) is 0 Å². The average Bonchev–Trinajstić information content (AvgIpc) is 2.63. The predicted octanol–water partition coefficient (Wildman–Crippen LogP) is 0.587. The van der Waals surface area contributed by atoms with Crippen LogP contribution >= 0.6 is 0 Å². The maximum absolute atomic E-state index is 8.40. The van der Waals surface area contributed by atoms with Crippen LogP contribution in [0.1, 0.15) is 12.8 Å². The molecule has 2 nitrogen and oxygen atoms in total. The van der Waals surface area contributed by atoms with E-state index >= 15 is 0 Å². The van der Waals surface area contributed by atoms with Gasteiger partial charge in [-0.2, -0.15) is 0 Å². The summed E-state index contributed by atoms with van der Waals surface area (Å²) in [5, 5.41) is 8.40. The van der Waals surface area contributed by atoms with Gasteiger partial charge in [-0.3, -0.25) is 0 Å². The zero-order chi connectivity index (χ0) is 6.69. The first-order valence-electron chi connectivity index (χ1n) is 3.34. The van der Waals surface area contributed by atoms with Crippen LogP contribution in [0.5, 0.6) is 0 Å². The Balaban J connectivity index is 2.16. The van der Waals surface area contributed by atoms with Crippen LogP contribution in [0, 0.1) is 0 Å². The van der Waals surface area contributed by atoms with E-state index < -0.39 is 0 Å². The van der Waals surface area contributed by atoms with Crippen molar-refractivity contribution in [1.29, 1.82) is 0 Å². The van der Waals surface area contributed by atoms with Crippen molar-refractivity contribution in [2.45, 2.75) is 18.9 Å².